The van der Waals surface area contributed by atoms with Gasteiger partial charge in [-0.25, -0.2) is 4.98 Å². The molecule has 0 saturated carbocycles. The molecule has 4 aromatic rings. The van der Waals surface area contributed by atoms with E-state index in [1.54, 1.807) is 4.40 Å². The fraction of sp³-hybridized carbons (Fsp3) is 0.346. The Labute approximate surface area is 177 Å². The predicted octanol–water partition coefficient (Wildman–Crippen LogP) is 5.71. The normalized spacial score (nSPS) is 11.6. The second-order valence-electron chi connectivity index (χ2n) is 8.39. The summed E-state index contributed by atoms with van der Waals surface area (Å²) < 4.78 is 1.71. The molecule has 0 unspecified atom stereocenters. The molecule has 0 radical (unpaired) electrons. The maximum atomic E-state index is 13.1. The zero-order chi connectivity index (χ0) is 20.9. The standard InChI is InChI=1S/C26H29N3O/c1-19(2)22-12-13-24-23(16-22)26(30)29-18-21(11-14-25(29)28-24)9-6-4-3-5-8-20-10-7-15-27-17-20/h7,10-19H,3-6,8-9H2,1-2H3. The summed E-state index contributed by atoms with van der Waals surface area (Å²) in [5.74, 6) is 0.388. The Bertz CT molecular complexity index is 1200. The van der Waals surface area contributed by atoms with E-state index in [2.05, 4.69) is 42.0 Å². The maximum absolute atomic E-state index is 13.1. The van der Waals surface area contributed by atoms with Crippen molar-refractivity contribution in [3.63, 3.8) is 0 Å². The molecule has 4 heteroatoms. The number of benzene rings is 1. The Kier molecular flexibility index (Phi) is 6.22. The zero-order valence-corrected chi connectivity index (χ0v) is 17.8. The molecule has 0 saturated heterocycles. The summed E-state index contributed by atoms with van der Waals surface area (Å²) in [7, 11) is 0. The number of fused-ring (bicyclic) bond motifs is 2. The molecule has 0 fully saturated rings. The fourth-order valence-corrected chi connectivity index (χ4v) is 3.93. The number of pyridine rings is 2. The molecule has 0 amide bonds. The summed E-state index contributed by atoms with van der Waals surface area (Å²) in [6.07, 6.45) is 12.6. The highest BCUT2D eigenvalue weighted by Gasteiger charge is 2.09. The Morgan fingerprint density at radius 3 is 2.47 bits per heavy atom. The molecule has 3 aromatic heterocycles. The molecule has 4 rings (SSSR count). The molecular formula is C26H29N3O. The highest BCUT2D eigenvalue weighted by molar-refractivity contribution is 5.80. The van der Waals surface area contributed by atoms with Gasteiger partial charge in [-0.2, -0.15) is 0 Å². The van der Waals surface area contributed by atoms with Crippen LogP contribution in [-0.2, 0) is 12.8 Å². The third-order valence-corrected chi connectivity index (χ3v) is 5.76. The van der Waals surface area contributed by atoms with E-state index < -0.39 is 0 Å². The lowest BCUT2D eigenvalue weighted by Gasteiger charge is -2.09. The van der Waals surface area contributed by atoms with Gasteiger partial charge in [0, 0.05) is 18.6 Å². The Morgan fingerprint density at radius 2 is 1.73 bits per heavy atom. The second kappa shape index (κ2) is 9.21. The number of unbranched alkanes of at least 4 members (excludes halogenated alkanes) is 3. The number of hydrogen-bond acceptors (Lipinski definition) is 3. The zero-order valence-electron chi connectivity index (χ0n) is 17.8. The van der Waals surface area contributed by atoms with Crippen molar-refractivity contribution in [2.24, 2.45) is 0 Å². The first-order chi connectivity index (χ1) is 14.6. The van der Waals surface area contributed by atoms with E-state index in [0.717, 1.165) is 24.8 Å². The minimum Gasteiger partial charge on any atom is -0.268 e. The van der Waals surface area contributed by atoms with Gasteiger partial charge >= 0.3 is 0 Å². The SMILES string of the molecule is CC(C)c1ccc2nc3ccc(CCCCCCc4cccnc4)cn3c(=O)c2c1. The molecule has 0 aliphatic rings. The van der Waals surface area contributed by atoms with Gasteiger partial charge in [0.15, 0.2) is 0 Å². The van der Waals surface area contributed by atoms with E-state index >= 15 is 0 Å². The summed E-state index contributed by atoms with van der Waals surface area (Å²) in [4.78, 5) is 21.9. The molecule has 30 heavy (non-hydrogen) atoms. The summed E-state index contributed by atoms with van der Waals surface area (Å²) in [6, 6.07) is 14.2. The molecule has 0 atom stereocenters. The van der Waals surface area contributed by atoms with Crippen LogP contribution in [0, 0.1) is 0 Å². The summed E-state index contributed by atoms with van der Waals surface area (Å²) >= 11 is 0. The van der Waals surface area contributed by atoms with Crippen molar-refractivity contribution >= 4 is 16.6 Å². The van der Waals surface area contributed by atoms with Crippen LogP contribution in [0.5, 0.6) is 0 Å². The molecule has 0 aliphatic heterocycles. The molecule has 0 spiro atoms. The van der Waals surface area contributed by atoms with E-state index in [1.165, 1.54) is 36.0 Å². The van der Waals surface area contributed by atoms with Crippen LogP contribution in [-0.4, -0.2) is 14.4 Å². The van der Waals surface area contributed by atoms with Gasteiger partial charge in [-0.1, -0.05) is 44.9 Å². The molecular weight excluding hydrogens is 370 g/mol. The van der Waals surface area contributed by atoms with Gasteiger partial charge in [-0.3, -0.25) is 14.2 Å². The summed E-state index contributed by atoms with van der Waals surface area (Å²) in [6.45, 7) is 4.28. The van der Waals surface area contributed by atoms with E-state index in [0.29, 0.717) is 17.0 Å². The van der Waals surface area contributed by atoms with E-state index in [9.17, 15) is 4.79 Å². The van der Waals surface area contributed by atoms with Crippen LogP contribution in [0.1, 0.15) is 62.1 Å². The number of aryl methyl sites for hydroxylation is 2. The van der Waals surface area contributed by atoms with Crippen LogP contribution in [0.15, 0.2) is 65.8 Å². The van der Waals surface area contributed by atoms with Gasteiger partial charge in [-0.05, 0) is 72.6 Å². The van der Waals surface area contributed by atoms with Gasteiger partial charge in [-0.15, -0.1) is 0 Å². The van der Waals surface area contributed by atoms with E-state index in [4.69, 9.17) is 0 Å². The lowest BCUT2D eigenvalue weighted by atomic mass is 10.0. The van der Waals surface area contributed by atoms with Crippen LogP contribution in [0.3, 0.4) is 0 Å². The maximum Gasteiger partial charge on any atom is 0.265 e. The quantitative estimate of drug-likeness (QED) is 0.281. The Hall–Kier alpha value is -3.01. The number of nitrogens with zero attached hydrogens (tertiary/aromatic N) is 3. The van der Waals surface area contributed by atoms with Crippen LogP contribution in [0.25, 0.3) is 16.6 Å². The topological polar surface area (TPSA) is 47.3 Å². The van der Waals surface area contributed by atoms with Crippen LogP contribution in [0.2, 0.25) is 0 Å². The number of aromatic nitrogens is 3. The van der Waals surface area contributed by atoms with Crippen molar-refractivity contribution in [3.8, 4) is 0 Å². The van der Waals surface area contributed by atoms with E-state index in [1.807, 2.05) is 42.9 Å². The van der Waals surface area contributed by atoms with Gasteiger partial charge < -0.3 is 0 Å². The number of rotatable bonds is 8. The lowest BCUT2D eigenvalue weighted by Crippen LogP contribution is -2.16. The van der Waals surface area contributed by atoms with Crippen molar-refractivity contribution in [2.75, 3.05) is 0 Å². The first-order valence-corrected chi connectivity index (χ1v) is 11.0. The smallest absolute Gasteiger partial charge is 0.265 e. The average Bonchev–Trinajstić information content (AvgIpc) is 2.77. The highest BCUT2D eigenvalue weighted by Crippen LogP contribution is 2.19. The number of hydrogen-bond donors (Lipinski definition) is 0. The molecule has 1 aromatic carbocycles. The van der Waals surface area contributed by atoms with Gasteiger partial charge in [0.1, 0.15) is 5.65 Å². The van der Waals surface area contributed by atoms with Gasteiger partial charge in [0.25, 0.3) is 5.56 Å². The van der Waals surface area contributed by atoms with Crippen molar-refractivity contribution in [3.05, 3.63) is 88.1 Å². The Morgan fingerprint density at radius 1 is 0.933 bits per heavy atom. The monoisotopic (exact) mass is 399 g/mol. The highest BCUT2D eigenvalue weighted by atomic mass is 16.1. The van der Waals surface area contributed by atoms with E-state index in [-0.39, 0.29) is 5.56 Å². The Balaban J connectivity index is 1.41. The first-order valence-electron chi connectivity index (χ1n) is 11.0. The van der Waals surface area contributed by atoms with Crippen molar-refractivity contribution in [2.45, 2.75) is 58.3 Å². The van der Waals surface area contributed by atoms with Crippen LogP contribution < -0.4 is 5.56 Å². The van der Waals surface area contributed by atoms with Crippen molar-refractivity contribution < 1.29 is 0 Å². The molecule has 0 bridgehead atoms. The second-order valence-corrected chi connectivity index (χ2v) is 8.39. The minimum atomic E-state index is 0.0239. The molecule has 3 heterocycles. The minimum absolute atomic E-state index is 0.0239. The van der Waals surface area contributed by atoms with Crippen molar-refractivity contribution in [1.82, 2.24) is 14.4 Å². The first kappa shape index (κ1) is 20.3. The lowest BCUT2D eigenvalue weighted by molar-refractivity contribution is 0.639. The third-order valence-electron chi connectivity index (χ3n) is 5.76. The summed E-state index contributed by atoms with van der Waals surface area (Å²) in [5, 5.41) is 0.700. The van der Waals surface area contributed by atoms with Crippen LogP contribution in [0.4, 0.5) is 0 Å². The van der Waals surface area contributed by atoms with Gasteiger partial charge in [0.2, 0.25) is 0 Å². The molecule has 154 valence electrons. The largest absolute Gasteiger partial charge is 0.268 e. The van der Waals surface area contributed by atoms with Crippen molar-refractivity contribution in [1.29, 1.82) is 0 Å². The molecule has 4 nitrogen and oxygen atoms in total. The fourth-order valence-electron chi connectivity index (χ4n) is 3.93. The third kappa shape index (κ3) is 4.59. The average molecular weight is 400 g/mol. The van der Waals surface area contributed by atoms with Crippen LogP contribution >= 0.6 is 0 Å². The summed E-state index contributed by atoms with van der Waals surface area (Å²) in [5.41, 5.74) is 5.18. The predicted molar refractivity (Wildman–Crippen MR) is 123 cm³/mol. The van der Waals surface area contributed by atoms with Gasteiger partial charge in [0.05, 0.1) is 10.9 Å². The molecule has 0 aliphatic carbocycles. The molecule has 0 N–H and O–H groups in total.